The van der Waals surface area contributed by atoms with Crippen LogP contribution in [0.1, 0.15) is 30.5 Å². The highest BCUT2D eigenvalue weighted by atomic mass is 35.5. The largest absolute Gasteiger partial charge is 0.349 e. The van der Waals surface area contributed by atoms with Crippen LogP contribution in [0.2, 0.25) is 5.02 Å². The molecule has 1 N–H and O–H groups in total. The second kappa shape index (κ2) is 8.50. The molecule has 126 valence electrons. The van der Waals surface area contributed by atoms with E-state index >= 15 is 0 Å². The Balaban J connectivity index is 2.06. The lowest BCUT2D eigenvalue weighted by atomic mass is 10.0. The highest BCUT2D eigenvalue weighted by Crippen LogP contribution is 2.20. The Morgan fingerprint density at radius 2 is 1.71 bits per heavy atom. The van der Waals surface area contributed by atoms with Gasteiger partial charge in [0.05, 0.1) is 12.5 Å². The molecule has 2 aromatic rings. The number of carbonyl (C=O) groups excluding carboxylic acids is 2. The van der Waals surface area contributed by atoms with Crippen LogP contribution in [0.4, 0.5) is 0 Å². The average Bonchev–Trinajstić information content (AvgIpc) is 2.56. The SMILES string of the molecule is CC(=O)NC(CC(=O)N(C)Cc1ccccc1Cl)c1ccccc1. The maximum Gasteiger partial charge on any atom is 0.225 e. The number of hydrogen-bond acceptors (Lipinski definition) is 2. The zero-order valence-electron chi connectivity index (χ0n) is 13.8. The summed E-state index contributed by atoms with van der Waals surface area (Å²) in [5, 5.41) is 3.48. The normalized spacial score (nSPS) is 11.6. The molecule has 1 unspecified atom stereocenters. The zero-order chi connectivity index (χ0) is 17.5. The van der Waals surface area contributed by atoms with Crippen molar-refractivity contribution >= 4 is 23.4 Å². The quantitative estimate of drug-likeness (QED) is 0.871. The fraction of sp³-hybridized carbons (Fsp3) is 0.263. The van der Waals surface area contributed by atoms with Crippen LogP contribution in [0.15, 0.2) is 54.6 Å². The van der Waals surface area contributed by atoms with Gasteiger partial charge in [-0.15, -0.1) is 0 Å². The smallest absolute Gasteiger partial charge is 0.225 e. The third-order valence-corrected chi connectivity index (χ3v) is 4.12. The van der Waals surface area contributed by atoms with Crippen LogP contribution >= 0.6 is 11.6 Å². The molecular weight excluding hydrogens is 324 g/mol. The Morgan fingerprint density at radius 3 is 2.33 bits per heavy atom. The van der Waals surface area contributed by atoms with E-state index < -0.39 is 0 Å². The fourth-order valence-electron chi connectivity index (χ4n) is 2.48. The summed E-state index contributed by atoms with van der Waals surface area (Å²) < 4.78 is 0. The third kappa shape index (κ3) is 5.10. The summed E-state index contributed by atoms with van der Waals surface area (Å²) in [6, 6.07) is 16.6. The van der Waals surface area contributed by atoms with Crippen LogP contribution in [0.3, 0.4) is 0 Å². The molecule has 0 spiro atoms. The van der Waals surface area contributed by atoms with Crippen molar-refractivity contribution in [3.05, 3.63) is 70.7 Å². The number of nitrogens with zero attached hydrogens (tertiary/aromatic N) is 1. The van der Waals surface area contributed by atoms with Crippen molar-refractivity contribution in [3.63, 3.8) is 0 Å². The van der Waals surface area contributed by atoms with Gasteiger partial charge in [-0.1, -0.05) is 60.1 Å². The standard InChI is InChI=1S/C19H21ClN2O2/c1-14(23)21-18(15-8-4-3-5-9-15)12-19(24)22(2)13-16-10-6-7-11-17(16)20/h3-11,18H,12-13H2,1-2H3,(H,21,23). The first-order chi connectivity index (χ1) is 11.5. The lowest BCUT2D eigenvalue weighted by Crippen LogP contribution is -2.33. The van der Waals surface area contributed by atoms with Crippen LogP contribution in [0, 0.1) is 0 Å². The van der Waals surface area contributed by atoms with Gasteiger partial charge >= 0.3 is 0 Å². The second-order valence-corrected chi connectivity index (χ2v) is 6.12. The number of benzene rings is 2. The van der Waals surface area contributed by atoms with Crippen LogP contribution < -0.4 is 5.32 Å². The number of nitrogens with one attached hydrogen (secondary N) is 1. The molecule has 0 aromatic heterocycles. The minimum atomic E-state index is -0.343. The Kier molecular flexibility index (Phi) is 6.38. The molecule has 0 aliphatic heterocycles. The molecule has 0 saturated heterocycles. The maximum absolute atomic E-state index is 12.6. The summed E-state index contributed by atoms with van der Waals surface area (Å²) in [5.41, 5.74) is 1.80. The van der Waals surface area contributed by atoms with E-state index in [0.29, 0.717) is 11.6 Å². The summed E-state index contributed by atoms with van der Waals surface area (Å²) in [4.78, 5) is 25.6. The molecule has 0 aliphatic carbocycles. The third-order valence-electron chi connectivity index (χ3n) is 3.75. The highest BCUT2D eigenvalue weighted by molar-refractivity contribution is 6.31. The van der Waals surface area contributed by atoms with E-state index in [1.807, 2.05) is 48.5 Å². The van der Waals surface area contributed by atoms with E-state index in [1.165, 1.54) is 6.92 Å². The number of carbonyl (C=O) groups is 2. The first-order valence-electron chi connectivity index (χ1n) is 7.77. The van der Waals surface area contributed by atoms with Gasteiger partial charge in [-0.25, -0.2) is 0 Å². The summed E-state index contributed by atoms with van der Waals surface area (Å²) in [7, 11) is 1.74. The lowest BCUT2D eigenvalue weighted by molar-refractivity contribution is -0.131. The van der Waals surface area contributed by atoms with Gasteiger partial charge < -0.3 is 10.2 Å². The molecule has 0 fully saturated rings. The molecule has 24 heavy (non-hydrogen) atoms. The molecule has 0 bridgehead atoms. The van der Waals surface area contributed by atoms with Crippen LogP contribution in [-0.4, -0.2) is 23.8 Å². The minimum absolute atomic E-state index is 0.0578. The van der Waals surface area contributed by atoms with Crippen molar-refractivity contribution < 1.29 is 9.59 Å². The predicted molar refractivity (Wildman–Crippen MR) is 95.5 cm³/mol. The summed E-state index contributed by atoms with van der Waals surface area (Å²) >= 11 is 6.15. The fourth-order valence-corrected chi connectivity index (χ4v) is 2.68. The van der Waals surface area contributed by atoms with E-state index in [2.05, 4.69) is 5.32 Å². The van der Waals surface area contributed by atoms with E-state index in [4.69, 9.17) is 11.6 Å². The molecule has 2 amide bonds. The van der Waals surface area contributed by atoms with Crippen LogP contribution in [0.5, 0.6) is 0 Å². The molecular formula is C19H21ClN2O2. The summed E-state index contributed by atoms with van der Waals surface area (Å²) in [6.45, 7) is 1.88. The lowest BCUT2D eigenvalue weighted by Gasteiger charge is -2.23. The predicted octanol–water partition coefficient (Wildman–Crippen LogP) is 3.57. The number of hydrogen-bond donors (Lipinski definition) is 1. The molecule has 0 radical (unpaired) electrons. The van der Waals surface area contributed by atoms with Gasteiger partial charge in [0, 0.05) is 25.5 Å². The van der Waals surface area contributed by atoms with Gasteiger partial charge in [0.25, 0.3) is 0 Å². The van der Waals surface area contributed by atoms with Crippen molar-refractivity contribution in [3.8, 4) is 0 Å². The van der Waals surface area contributed by atoms with Crippen molar-refractivity contribution in [2.45, 2.75) is 25.9 Å². The van der Waals surface area contributed by atoms with Gasteiger partial charge in [0.1, 0.15) is 0 Å². The molecule has 1 atom stereocenters. The van der Waals surface area contributed by atoms with Gasteiger partial charge in [-0.2, -0.15) is 0 Å². The van der Waals surface area contributed by atoms with Crippen molar-refractivity contribution in [2.75, 3.05) is 7.05 Å². The molecule has 5 heteroatoms. The Morgan fingerprint density at radius 1 is 1.08 bits per heavy atom. The Labute approximate surface area is 147 Å². The first kappa shape index (κ1) is 18.0. The van der Waals surface area contributed by atoms with E-state index in [-0.39, 0.29) is 24.3 Å². The molecule has 2 rings (SSSR count). The number of amides is 2. The topological polar surface area (TPSA) is 49.4 Å². The van der Waals surface area contributed by atoms with Gasteiger partial charge in [-0.3, -0.25) is 9.59 Å². The van der Waals surface area contributed by atoms with Gasteiger partial charge in [0.15, 0.2) is 0 Å². The summed E-state index contributed by atoms with van der Waals surface area (Å²) in [5.74, 6) is -0.220. The van der Waals surface area contributed by atoms with Crippen LogP contribution in [0.25, 0.3) is 0 Å². The summed E-state index contributed by atoms with van der Waals surface area (Å²) in [6.07, 6.45) is 0.199. The Bertz CT molecular complexity index is 704. The van der Waals surface area contributed by atoms with Crippen molar-refractivity contribution in [1.82, 2.24) is 10.2 Å². The van der Waals surface area contributed by atoms with E-state index in [0.717, 1.165) is 11.1 Å². The average molecular weight is 345 g/mol. The maximum atomic E-state index is 12.6. The second-order valence-electron chi connectivity index (χ2n) is 5.71. The molecule has 2 aromatic carbocycles. The number of halogens is 1. The number of rotatable bonds is 6. The van der Waals surface area contributed by atoms with Crippen molar-refractivity contribution in [2.24, 2.45) is 0 Å². The highest BCUT2D eigenvalue weighted by Gasteiger charge is 2.19. The van der Waals surface area contributed by atoms with Crippen LogP contribution in [-0.2, 0) is 16.1 Å². The van der Waals surface area contributed by atoms with Gasteiger partial charge in [-0.05, 0) is 17.2 Å². The van der Waals surface area contributed by atoms with E-state index in [9.17, 15) is 9.59 Å². The Hall–Kier alpha value is -2.33. The molecule has 4 nitrogen and oxygen atoms in total. The van der Waals surface area contributed by atoms with Gasteiger partial charge in [0.2, 0.25) is 11.8 Å². The monoisotopic (exact) mass is 344 g/mol. The molecule has 0 heterocycles. The minimum Gasteiger partial charge on any atom is -0.349 e. The van der Waals surface area contributed by atoms with Crippen molar-refractivity contribution in [1.29, 1.82) is 0 Å². The first-order valence-corrected chi connectivity index (χ1v) is 8.14. The zero-order valence-corrected chi connectivity index (χ0v) is 14.6. The molecule has 0 saturated carbocycles. The molecule has 0 aliphatic rings. The van der Waals surface area contributed by atoms with E-state index in [1.54, 1.807) is 18.0 Å².